The fourth-order valence-electron chi connectivity index (χ4n) is 3.11. The molecule has 0 radical (unpaired) electrons. The first-order valence-corrected chi connectivity index (χ1v) is 8.99. The molecule has 2 heterocycles. The molecule has 0 bridgehead atoms. The maximum Gasteiger partial charge on any atom is 0.227 e. The summed E-state index contributed by atoms with van der Waals surface area (Å²) in [6.07, 6.45) is 5.16. The van der Waals surface area contributed by atoms with E-state index < -0.39 is 0 Å². The Morgan fingerprint density at radius 1 is 1.30 bits per heavy atom. The van der Waals surface area contributed by atoms with Crippen LogP contribution in [0.1, 0.15) is 37.7 Å². The Morgan fingerprint density at radius 3 is 2.96 bits per heavy atom. The quantitative estimate of drug-likeness (QED) is 0.865. The van der Waals surface area contributed by atoms with E-state index >= 15 is 0 Å². The lowest BCUT2D eigenvalue weighted by Gasteiger charge is -2.26. The number of phenolic OH excluding ortho intramolecular Hbond substituents is 1. The monoisotopic (exact) mass is 383 g/mol. The van der Waals surface area contributed by atoms with E-state index in [2.05, 4.69) is 15.9 Å². The first-order valence-electron chi connectivity index (χ1n) is 8.20. The van der Waals surface area contributed by atoms with Crippen LogP contribution in [0.15, 0.2) is 16.6 Å². The van der Waals surface area contributed by atoms with Crippen LogP contribution >= 0.6 is 15.9 Å². The van der Waals surface area contributed by atoms with Crippen molar-refractivity contribution in [2.45, 2.75) is 44.8 Å². The van der Waals surface area contributed by atoms with E-state index in [1.165, 1.54) is 0 Å². The molecule has 0 aromatic heterocycles. The molecule has 1 aromatic carbocycles. The van der Waals surface area contributed by atoms with Crippen molar-refractivity contribution in [3.8, 4) is 5.75 Å². The third-order valence-corrected chi connectivity index (χ3v) is 4.97. The van der Waals surface area contributed by atoms with Crippen LogP contribution in [0.2, 0.25) is 0 Å². The number of halogens is 1. The van der Waals surface area contributed by atoms with Gasteiger partial charge in [0.1, 0.15) is 5.75 Å². The van der Waals surface area contributed by atoms with Gasteiger partial charge in [-0.1, -0.05) is 0 Å². The Hall–Kier alpha value is -1.11. The van der Waals surface area contributed by atoms with Gasteiger partial charge in [0.2, 0.25) is 5.91 Å². The van der Waals surface area contributed by atoms with Crippen LogP contribution in [0.25, 0.3) is 0 Å². The summed E-state index contributed by atoms with van der Waals surface area (Å²) in [7, 11) is 0. The number of phenols is 1. The molecule has 0 saturated carbocycles. The second kappa shape index (κ2) is 7.64. The number of rotatable bonds is 4. The van der Waals surface area contributed by atoms with Gasteiger partial charge in [-0.3, -0.25) is 4.79 Å². The number of aromatic hydroxyl groups is 1. The summed E-state index contributed by atoms with van der Waals surface area (Å²) in [5.41, 5.74) is 1.87. The van der Waals surface area contributed by atoms with E-state index in [0.717, 1.165) is 50.0 Å². The Balaban J connectivity index is 1.69. The highest BCUT2D eigenvalue weighted by Crippen LogP contribution is 2.35. The summed E-state index contributed by atoms with van der Waals surface area (Å²) in [5.74, 6) is 0.235. The molecule has 5 nitrogen and oxygen atoms in total. The van der Waals surface area contributed by atoms with Gasteiger partial charge in [0.05, 0.1) is 16.8 Å². The first kappa shape index (κ1) is 16.7. The average Bonchev–Trinajstić information content (AvgIpc) is 2.69. The number of carbonyl (C=O) groups is 1. The topological polar surface area (TPSA) is 59.0 Å². The summed E-state index contributed by atoms with van der Waals surface area (Å²) in [6, 6.07) is 3.57. The fourth-order valence-corrected chi connectivity index (χ4v) is 3.50. The number of ether oxygens (including phenoxy) is 2. The van der Waals surface area contributed by atoms with Crippen LogP contribution in [-0.4, -0.2) is 37.1 Å². The molecule has 1 amide bonds. The molecule has 3 rings (SSSR count). The highest BCUT2D eigenvalue weighted by Gasteiger charge is 2.24. The number of anilines is 1. The highest BCUT2D eigenvalue weighted by atomic mass is 79.9. The smallest absolute Gasteiger partial charge is 0.227 e. The van der Waals surface area contributed by atoms with Crippen LogP contribution in [0, 0.1) is 0 Å². The average molecular weight is 384 g/mol. The summed E-state index contributed by atoms with van der Waals surface area (Å²) < 4.78 is 12.0. The van der Waals surface area contributed by atoms with E-state index in [9.17, 15) is 9.90 Å². The van der Waals surface area contributed by atoms with Crippen molar-refractivity contribution in [1.82, 2.24) is 0 Å². The normalized spacial score (nSPS) is 21.9. The van der Waals surface area contributed by atoms with Crippen molar-refractivity contribution in [2.24, 2.45) is 0 Å². The molecular formula is C17H22BrNO4. The maximum atomic E-state index is 12.4. The van der Waals surface area contributed by atoms with Crippen molar-refractivity contribution in [1.29, 1.82) is 0 Å². The number of aryl methyl sites for hydroxylation is 1. The van der Waals surface area contributed by atoms with Crippen LogP contribution in [-0.2, 0) is 20.7 Å². The zero-order valence-corrected chi connectivity index (χ0v) is 14.7. The number of nitrogens with zero attached hydrogens (tertiary/aromatic N) is 1. The van der Waals surface area contributed by atoms with E-state index in [0.29, 0.717) is 24.0 Å². The largest absolute Gasteiger partial charge is 0.507 e. The number of amides is 1. The Morgan fingerprint density at radius 2 is 2.17 bits per heavy atom. The molecule has 1 unspecified atom stereocenters. The number of fused-ring (bicyclic) bond motifs is 1. The van der Waals surface area contributed by atoms with Gasteiger partial charge in [-0.25, -0.2) is 0 Å². The number of hydrogen-bond donors (Lipinski definition) is 1. The maximum absolute atomic E-state index is 12.4. The Kier molecular flexibility index (Phi) is 5.56. The molecular weight excluding hydrogens is 362 g/mol. The zero-order chi connectivity index (χ0) is 16.2. The van der Waals surface area contributed by atoms with Gasteiger partial charge in [0, 0.05) is 25.6 Å². The summed E-state index contributed by atoms with van der Waals surface area (Å²) >= 11 is 3.34. The number of benzene rings is 1. The molecule has 1 atom stereocenters. The van der Waals surface area contributed by atoms with E-state index in [1.807, 2.05) is 6.07 Å². The molecule has 1 fully saturated rings. The summed E-state index contributed by atoms with van der Waals surface area (Å²) in [5, 5.41) is 9.96. The predicted octanol–water partition coefficient (Wildman–Crippen LogP) is 3.37. The molecule has 2 aliphatic rings. The Bertz CT molecular complexity index is 572. The predicted molar refractivity (Wildman–Crippen MR) is 90.6 cm³/mol. The van der Waals surface area contributed by atoms with Crippen molar-refractivity contribution in [3.63, 3.8) is 0 Å². The van der Waals surface area contributed by atoms with Crippen molar-refractivity contribution >= 4 is 27.5 Å². The summed E-state index contributed by atoms with van der Waals surface area (Å²) in [6.45, 7) is 1.66. The molecule has 0 aliphatic carbocycles. The molecule has 1 N–H and O–H groups in total. The highest BCUT2D eigenvalue weighted by molar-refractivity contribution is 9.10. The second-order valence-corrected chi connectivity index (χ2v) is 6.85. The van der Waals surface area contributed by atoms with Gasteiger partial charge >= 0.3 is 0 Å². The lowest BCUT2D eigenvalue weighted by Crippen LogP contribution is -2.35. The van der Waals surface area contributed by atoms with E-state index in [1.54, 1.807) is 11.0 Å². The van der Waals surface area contributed by atoms with Gasteiger partial charge in [-0.2, -0.15) is 0 Å². The van der Waals surface area contributed by atoms with E-state index in [4.69, 9.17) is 9.47 Å². The minimum Gasteiger partial charge on any atom is -0.507 e. The summed E-state index contributed by atoms with van der Waals surface area (Å²) in [4.78, 5) is 14.1. The van der Waals surface area contributed by atoms with E-state index in [-0.39, 0.29) is 17.9 Å². The standard InChI is InChI=1S/C17H22BrNO4/c18-13-10-12-4-3-5-16(21)19(14(12)11-15(13)20)7-9-23-17-6-1-2-8-22-17/h10-11,17,20H,1-9H2. The van der Waals surface area contributed by atoms with Gasteiger partial charge in [-0.05, 0) is 59.7 Å². The third-order valence-electron chi connectivity index (χ3n) is 4.33. The van der Waals surface area contributed by atoms with Crippen LogP contribution in [0.5, 0.6) is 5.75 Å². The molecule has 0 spiro atoms. The molecule has 6 heteroatoms. The van der Waals surface area contributed by atoms with Crippen molar-refractivity contribution < 1.29 is 19.4 Å². The SMILES string of the molecule is O=C1CCCc2cc(Br)c(O)cc2N1CCOC1CCCCO1. The molecule has 1 aromatic rings. The molecule has 126 valence electrons. The lowest BCUT2D eigenvalue weighted by atomic mass is 10.1. The first-order chi connectivity index (χ1) is 11.1. The minimum atomic E-state index is -0.149. The number of hydrogen-bond acceptors (Lipinski definition) is 4. The van der Waals surface area contributed by atoms with Gasteiger partial charge in [0.15, 0.2) is 6.29 Å². The molecule has 1 saturated heterocycles. The molecule has 2 aliphatic heterocycles. The van der Waals surface area contributed by atoms with Gasteiger partial charge < -0.3 is 19.5 Å². The van der Waals surface area contributed by atoms with Crippen LogP contribution < -0.4 is 4.90 Å². The van der Waals surface area contributed by atoms with Gasteiger partial charge in [0.25, 0.3) is 0 Å². The zero-order valence-electron chi connectivity index (χ0n) is 13.1. The lowest BCUT2D eigenvalue weighted by molar-refractivity contribution is -0.161. The van der Waals surface area contributed by atoms with Crippen LogP contribution in [0.4, 0.5) is 5.69 Å². The van der Waals surface area contributed by atoms with Crippen molar-refractivity contribution in [3.05, 3.63) is 22.2 Å². The second-order valence-electron chi connectivity index (χ2n) is 6.00. The number of carbonyl (C=O) groups excluding carboxylic acids is 1. The van der Waals surface area contributed by atoms with Gasteiger partial charge in [-0.15, -0.1) is 0 Å². The Labute approximate surface area is 144 Å². The van der Waals surface area contributed by atoms with Crippen molar-refractivity contribution in [2.75, 3.05) is 24.7 Å². The fraction of sp³-hybridized carbons (Fsp3) is 0.588. The minimum absolute atomic E-state index is 0.0821. The van der Waals surface area contributed by atoms with Crippen LogP contribution in [0.3, 0.4) is 0 Å². The third kappa shape index (κ3) is 4.05. The molecule has 23 heavy (non-hydrogen) atoms.